The first-order valence-electron chi connectivity index (χ1n) is 8.91. The maximum Gasteiger partial charge on any atom is 0.191 e. The molecule has 1 unspecified atom stereocenters. The zero-order chi connectivity index (χ0) is 16.5. The number of hydrogen-bond donors (Lipinski definition) is 2. The maximum atomic E-state index is 4.36. The molecule has 24 heavy (non-hydrogen) atoms. The van der Waals surface area contributed by atoms with Crippen LogP contribution in [-0.2, 0) is 6.54 Å². The number of benzene rings is 1. The molecule has 0 spiro atoms. The Morgan fingerprint density at radius 3 is 2.38 bits per heavy atom. The molecule has 4 nitrogen and oxygen atoms in total. The molecule has 2 N–H and O–H groups in total. The lowest BCUT2D eigenvalue weighted by atomic mass is 10.0. The summed E-state index contributed by atoms with van der Waals surface area (Å²) in [6.07, 6.45) is 3.92. The summed E-state index contributed by atoms with van der Waals surface area (Å²) in [6.45, 7) is 8.88. The van der Waals surface area contributed by atoms with Crippen LogP contribution in [0.25, 0.3) is 0 Å². The standard InChI is InChI=1S/C19H32N4.HI/c1-16(2)13-18(23-11-7-8-12-23)15-22-19(20-3)21-14-17-9-5-4-6-10-17;/h4-6,9-10,16,18H,7-8,11-15H2,1-3H3,(H2,20,21,22);1H. The van der Waals surface area contributed by atoms with Gasteiger partial charge < -0.3 is 10.6 Å². The van der Waals surface area contributed by atoms with Crippen LogP contribution in [-0.4, -0.2) is 43.6 Å². The lowest BCUT2D eigenvalue weighted by Crippen LogP contribution is -2.46. The first-order chi connectivity index (χ1) is 11.2. The van der Waals surface area contributed by atoms with Gasteiger partial charge in [0.05, 0.1) is 0 Å². The fourth-order valence-electron chi connectivity index (χ4n) is 3.23. The number of nitrogens with zero attached hydrogens (tertiary/aromatic N) is 2. The van der Waals surface area contributed by atoms with E-state index in [4.69, 9.17) is 0 Å². The molecule has 1 aliphatic rings. The van der Waals surface area contributed by atoms with Gasteiger partial charge in [-0.05, 0) is 43.8 Å². The van der Waals surface area contributed by atoms with E-state index in [1.165, 1.54) is 37.9 Å². The number of guanidine groups is 1. The van der Waals surface area contributed by atoms with Gasteiger partial charge >= 0.3 is 0 Å². The van der Waals surface area contributed by atoms with Crippen LogP contribution in [0, 0.1) is 5.92 Å². The minimum absolute atomic E-state index is 0. The minimum Gasteiger partial charge on any atom is -0.355 e. The van der Waals surface area contributed by atoms with Crippen molar-refractivity contribution in [3.63, 3.8) is 0 Å². The van der Waals surface area contributed by atoms with Crippen molar-refractivity contribution in [1.29, 1.82) is 0 Å². The molecule has 1 fully saturated rings. The van der Waals surface area contributed by atoms with Gasteiger partial charge in [-0.15, -0.1) is 24.0 Å². The Morgan fingerprint density at radius 2 is 1.79 bits per heavy atom. The molecule has 1 heterocycles. The van der Waals surface area contributed by atoms with Gasteiger partial charge in [0, 0.05) is 26.2 Å². The average Bonchev–Trinajstić information content (AvgIpc) is 3.09. The Hall–Kier alpha value is -0.820. The highest BCUT2D eigenvalue weighted by Crippen LogP contribution is 2.17. The first-order valence-corrected chi connectivity index (χ1v) is 8.91. The zero-order valence-corrected chi connectivity index (χ0v) is 17.6. The summed E-state index contributed by atoms with van der Waals surface area (Å²) < 4.78 is 0. The largest absolute Gasteiger partial charge is 0.355 e. The van der Waals surface area contributed by atoms with Gasteiger partial charge in [-0.25, -0.2) is 0 Å². The summed E-state index contributed by atoms with van der Waals surface area (Å²) in [6, 6.07) is 11.0. The second kappa shape index (κ2) is 11.7. The Kier molecular flexibility index (Phi) is 10.3. The second-order valence-electron chi connectivity index (χ2n) is 6.82. The van der Waals surface area contributed by atoms with Crippen molar-refractivity contribution in [2.24, 2.45) is 10.9 Å². The van der Waals surface area contributed by atoms with E-state index in [2.05, 4.69) is 58.6 Å². The molecular weight excluding hydrogens is 411 g/mol. The average molecular weight is 444 g/mol. The molecule has 2 rings (SSSR count). The Bertz CT molecular complexity index is 470. The van der Waals surface area contributed by atoms with Crippen LogP contribution < -0.4 is 10.6 Å². The summed E-state index contributed by atoms with van der Waals surface area (Å²) in [4.78, 5) is 6.99. The van der Waals surface area contributed by atoms with Crippen molar-refractivity contribution in [1.82, 2.24) is 15.5 Å². The smallest absolute Gasteiger partial charge is 0.191 e. The highest BCUT2D eigenvalue weighted by atomic mass is 127. The molecule has 1 atom stereocenters. The number of likely N-dealkylation sites (tertiary alicyclic amines) is 1. The number of rotatable bonds is 7. The summed E-state index contributed by atoms with van der Waals surface area (Å²) in [5, 5.41) is 6.92. The van der Waals surface area contributed by atoms with E-state index in [9.17, 15) is 0 Å². The normalized spacial score (nSPS) is 16.8. The van der Waals surface area contributed by atoms with Crippen molar-refractivity contribution < 1.29 is 0 Å². The molecule has 136 valence electrons. The van der Waals surface area contributed by atoms with Crippen molar-refractivity contribution in [3.05, 3.63) is 35.9 Å². The zero-order valence-electron chi connectivity index (χ0n) is 15.3. The fourth-order valence-corrected chi connectivity index (χ4v) is 3.23. The molecule has 0 aromatic heterocycles. The third-order valence-corrected chi connectivity index (χ3v) is 4.43. The van der Waals surface area contributed by atoms with E-state index in [0.29, 0.717) is 6.04 Å². The van der Waals surface area contributed by atoms with Crippen LogP contribution in [0.5, 0.6) is 0 Å². The van der Waals surface area contributed by atoms with Gasteiger partial charge in [0.2, 0.25) is 0 Å². The molecule has 0 radical (unpaired) electrons. The quantitative estimate of drug-likeness (QED) is 0.384. The second-order valence-corrected chi connectivity index (χ2v) is 6.82. The fraction of sp³-hybridized carbons (Fsp3) is 0.632. The van der Waals surface area contributed by atoms with E-state index in [-0.39, 0.29) is 24.0 Å². The predicted molar refractivity (Wildman–Crippen MR) is 114 cm³/mol. The van der Waals surface area contributed by atoms with Gasteiger partial charge in [0.1, 0.15) is 0 Å². The van der Waals surface area contributed by atoms with Gasteiger partial charge in [-0.2, -0.15) is 0 Å². The van der Waals surface area contributed by atoms with Crippen LogP contribution in [0.15, 0.2) is 35.3 Å². The van der Waals surface area contributed by atoms with Crippen LogP contribution in [0.3, 0.4) is 0 Å². The monoisotopic (exact) mass is 444 g/mol. The van der Waals surface area contributed by atoms with E-state index in [1.807, 2.05) is 13.1 Å². The van der Waals surface area contributed by atoms with E-state index in [0.717, 1.165) is 25.0 Å². The SMILES string of the molecule is CN=C(NCc1ccccc1)NCC(CC(C)C)N1CCCC1.I. The van der Waals surface area contributed by atoms with Crippen LogP contribution >= 0.6 is 24.0 Å². The predicted octanol–water partition coefficient (Wildman–Crippen LogP) is 3.48. The summed E-state index contributed by atoms with van der Waals surface area (Å²) in [5.41, 5.74) is 1.27. The van der Waals surface area contributed by atoms with E-state index >= 15 is 0 Å². The van der Waals surface area contributed by atoms with Gasteiger partial charge in [0.25, 0.3) is 0 Å². The Balaban J connectivity index is 0.00000288. The molecular formula is C19H33IN4. The van der Waals surface area contributed by atoms with Crippen LogP contribution in [0.2, 0.25) is 0 Å². The maximum absolute atomic E-state index is 4.36. The molecule has 1 saturated heterocycles. The third kappa shape index (κ3) is 7.38. The molecule has 1 aliphatic heterocycles. The van der Waals surface area contributed by atoms with Gasteiger partial charge in [-0.1, -0.05) is 44.2 Å². The molecule has 5 heteroatoms. The number of aliphatic imine (C=N–C) groups is 1. The van der Waals surface area contributed by atoms with Crippen molar-refractivity contribution >= 4 is 29.9 Å². The number of hydrogen-bond acceptors (Lipinski definition) is 2. The molecule has 0 amide bonds. The van der Waals surface area contributed by atoms with Gasteiger partial charge in [-0.3, -0.25) is 9.89 Å². The molecule has 1 aromatic carbocycles. The van der Waals surface area contributed by atoms with Crippen LogP contribution in [0.1, 0.15) is 38.7 Å². The third-order valence-electron chi connectivity index (χ3n) is 4.43. The Morgan fingerprint density at radius 1 is 1.12 bits per heavy atom. The minimum atomic E-state index is 0. The molecule has 0 bridgehead atoms. The lowest BCUT2D eigenvalue weighted by Gasteiger charge is -2.29. The molecule has 0 saturated carbocycles. The van der Waals surface area contributed by atoms with Crippen LogP contribution in [0.4, 0.5) is 0 Å². The lowest BCUT2D eigenvalue weighted by molar-refractivity contribution is 0.213. The summed E-state index contributed by atoms with van der Waals surface area (Å²) >= 11 is 0. The number of halogens is 1. The highest BCUT2D eigenvalue weighted by molar-refractivity contribution is 14.0. The highest BCUT2D eigenvalue weighted by Gasteiger charge is 2.22. The van der Waals surface area contributed by atoms with Crippen molar-refractivity contribution in [3.8, 4) is 0 Å². The van der Waals surface area contributed by atoms with E-state index < -0.39 is 0 Å². The Labute approximate surface area is 164 Å². The van der Waals surface area contributed by atoms with Gasteiger partial charge in [0.15, 0.2) is 5.96 Å². The molecule has 0 aliphatic carbocycles. The topological polar surface area (TPSA) is 39.7 Å². The number of nitrogens with one attached hydrogen (secondary N) is 2. The summed E-state index contributed by atoms with van der Waals surface area (Å²) in [7, 11) is 1.84. The summed E-state index contributed by atoms with van der Waals surface area (Å²) in [5.74, 6) is 1.61. The van der Waals surface area contributed by atoms with Crippen molar-refractivity contribution in [2.45, 2.75) is 45.7 Å². The van der Waals surface area contributed by atoms with Crippen molar-refractivity contribution in [2.75, 3.05) is 26.7 Å². The van der Waals surface area contributed by atoms with E-state index in [1.54, 1.807) is 0 Å². The molecule has 1 aromatic rings. The first kappa shape index (κ1) is 21.2.